The number of ether oxygens (including phenoxy) is 2. The summed E-state index contributed by atoms with van der Waals surface area (Å²) in [7, 11) is 6.46. The summed E-state index contributed by atoms with van der Waals surface area (Å²) in [5.41, 5.74) is 17.6. The highest BCUT2D eigenvalue weighted by atomic mass is 32.1. The van der Waals surface area contributed by atoms with E-state index in [4.69, 9.17) is 15.2 Å². The monoisotopic (exact) mass is 1390 g/mol. The summed E-state index contributed by atoms with van der Waals surface area (Å²) in [4.78, 5) is 96.9. The number of carbonyl (C=O) groups is 3. The summed E-state index contributed by atoms with van der Waals surface area (Å²) in [6.07, 6.45) is 17.9. The molecule has 29 heteroatoms. The Kier molecular flexibility index (Phi) is 27.4. The van der Waals surface area contributed by atoms with Gasteiger partial charge in [0.2, 0.25) is 11.8 Å². The lowest BCUT2D eigenvalue weighted by Gasteiger charge is -2.16. The molecule has 0 unspecified atom stereocenters. The molecule has 0 saturated heterocycles. The number of nitrogens with two attached hydrogens (primary N) is 1. The zero-order valence-electron chi connectivity index (χ0n) is 55.6. The standard InChI is InChI=1S/C24H25N7O2.C24H24N6O2.C22H22N8O.3H2S/c1-4-33-24-28-12-16(13-29-24)20-10-21(31-14-30-20)27-11-15(2)17-6-5-7-18-19(23(32)25-3)8-9-26-22(17)18;1-15(17-5-4-6-18-19(24(31)25-2)9-10-26-23(17)18)12-27-21-11-20(29-14-30-21)16-7-8-22(32-3)28-13-16;1-13(15-4-3-5-16-17(21(31)24-2)6-7-25-20(15)16)9-26-19-8-18(29-12-30-19)14-10-27-22(23)28-11-14;;;/h5-10,12-15H,4,11H2,1-3H3,(H,25,32)(H,27,30,31);4-11,13-15H,12H2,1-3H3,(H,25,31)(H,27,29,30);3-8,10-13H,9H2,1-2H3,(H,24,31)(H2,23,27,28)(H,26,29,30);3*1H2/t2*15-;13-;;;/m111.../s1. The first-order valence-corrected chi connectivity index (χ1v) is 30.8. The molecule has 0 aliphatic carbocycles. The molecule has 0 radical (unpaired) electrons. The Morgan fingerprint density at radius 1 is 0.434 bits per heavy atom. The van der Waals surface area contributed by atoms with Gasteiger partial charge in [-0.2, -0.15) is 40.5 Å². The van der Waals surface area contributed by atoms with E-state index in [0.29, 0.717) is 77.8 Å². The van der Waals surface area contributed by atoms with E-state index < -0.39 is 0 Å². The Morgan fingerprint density at radius 3 is 1.12 bits per heavy atom. The van der Waals surface area contributed by atoms with E-state index in [-0.39, 0.29) is 81.9 Å². The van der Waals surface area contributed by atoms with Gasteiger partial charge in [0, 0.05) is 165 Å². The van der Waals surface area contributed by atoms with Gasteiger partial charge in [-0.1, -0.05) is 75.4 Å². The fourth-order valence-electron chi connectivity index (χ4n) is 10.5. The van der Waals surface area contributed by atoms with E-state index in [2.05, 4.69) is 122 Å². The third-order valence-electron chi connectivity index (χ3n) is 15.6. The normalized spacial score (nSPS) is 11.4. The lowest BCUT2D eigenvalue weighted by Crippen LogP contribution is -2.18. The van der Waals surface area contributed by atoms with Crippen molar-refractivity contribution in [2.75, 3.05) is 76.2 Å². The van der Waals surface area contributed by atoms with Crippen molar-refractivity contribution < 1.29 is 23.9 Å². The first kappa shape index (κ1) is 75.1. The number of benzene rings is 3. The van der Waals surface area contributed by atoms with Crippen molar-refractivity contribution >= 4 is 114 Å². The summed E-state index contributed by atoms with van der Waals surface area (Å²) in [5.74, 6) is 2.86. The molecular formula is C70H77N21O5S3. The number of rotatable bonds is 21. The number of hydrogen-bond donors (Lipinski definition) is 7. The molecule has 26 nitrogen and oxygen atoms in total. The van der Waals surface area contributed by atoms with Crippen molar-refractivity contribution in [2.45, 2.75) is 45.4 Å². The number of hydrogen-bond acceptors (Lipinski definition) is 23. The van der Waals surface area contributed by atoms with Crippen LogP contribution in [0.1, 0.15) is 93.2 Å². The van der Waals surface area contributed by atoms with Crippen LogP contribution in [-0.4, -0.2) is 142 Å². The maximum Gasteiger partial charge on any atom is 0.316 e. The van der Waals surface area contributed by atoms with E-state index >= 15 is 0 Å². The van der Waals surface area contributed by atoms with Gasteiger partial charge >= 0.3 is 6.01 Å². The lowest BCUT2D eigenvalue weighted by atomic mass is 9.96. The second kappa shape index (κ2) is 36.2. The van der Waals surface area contributed by atoms with Gasteiger partial charge in [-0.25, -0.2) is 54.8 Å². The Hall–Kier alpha value is -11.3. The Bertz CT molecular complexity index is 4680. The molecule has 0 aliphatic heterocycles. The number of methoxy groups -OCH3 is 1. The predicted octanol–water partition coefficient (Wildman–Crippen LogP) is 10.1. The van der Waals surface area contributed by atoms with Crippen LogP contribution in [0, 0.1) is 0 Å². The molecule has 9 aromatic heterocycles. The minimum atomic E-state index is -0.129. The van der Waals surface area contributed by atoms with Crippen LogP contribution in [0.5, 0.6) is 11.9 Å². The number of nitrogens with zero attached hydrogens (tertiary/aromatic N) is 14. The van der Waals surface area contributed by atoms with Gasteiger partial charge in [-0.05, 0) is 47.9 Å². The zero-order chi connectivity index (χ0) is 67.5. The van der Waals surface area contributed by atoms with Gasteiger partial charge in [0.25, 0.3) is 17.7 Å². The van der Waals surface area contributed by atoms with Crippen LogP contribution < -0.4 is 47.1 Å². The Balaban J connectivity index is 0.000000206. The van der Waals surface area contributed by atoms with Crippen LogP contribution in [0.25, 0.3) is 66.5 Å². The maximum atomic E-state index is 12.2. The first-order chi connectivity index (χ1) is 46.8. The van der Waals surface area contributed by atoms with Gasteiger partial charge in [0.15, 0.2) is 0 Å². The molecule has 0 aliphatic rings. The van der Waals surface area contributed by atoms with Gasteiger partial charge in [0.05, 0.1) is 64.0 Å². The molecule has 3 amide bonds. The van der Waals surface area contributed by atoms with Gasteiger partial charge in [-0.15, -0.1) is 0 Å². The fourth-order valence-corrected chi connectivity index (χ4v) is 10.5. The van der Waals surface area contributed by atoms with E-state index in [1.165, 1.54) is 19.0 Å². The number of anilines is 4. The largest absolute Gasteiger partial charge is 0.481 e. The molecule has 12 rings (SSSR count). The van der Waals surface area contributed by atoms with E-state index in [1.54, 1.807) is 102 Å². The highest BCUT2D eigenvalue weighted by Gasteiger charge is 2.20. The molecule has 3 atom stereocenters. The summed E-state index contributed by atoms with van der Waals surface area (Å²) in [6, 6.07) is 32.6. The van der Waals surface area contributed by atoms with Crippen molar-refractivity contribution in [3.63, 3.8) is 0 Å². The van der Waals surface area contributed by atoms with E-state index in [1.807, 2.05) is 85.8 Å². The molecule has 9 heterocycles. The van der Waals surface area contributed by atoms with Crippen LogP contribution in [-0.2, 0) is 0 Å². The number of carbonyl (C=O) groups excluding carboxylic acids is 3. The minimum Gasteiger partial charge on any atom is -0.481 e. The van der Waals surface area contributed by atoms with E-state index in [0.717, 1.165) is 77.6 Å². The van der Waals surface area contributed by atoms with Crippen LogP contribution in [0.15, 0.2) is 172 Å². The number of nitrogens with one attached hydrogen (secondary N) is 6. The molecule has 8 N–H and O–H groups in total. The third kappa shape index (κ3) is 18.6. The van der Waals surface area contributed by atoms with Crippen molar-refractivity contribution in [1.82, 2.24) is 85.7 Å². The summed E-state index contributed by atoms with van der Waals surface area (Å²) in [5, 5.41) is 20.7. The third-order valence-corrected chi connectivity index (χ3v) is 15.6. The molecular weight excluding hydrogens is 1310 g/mol. The Labute approximate surface area is 593 Å². The van der Waals surface area contributed by atoms with Crippen molar-refractivity contribution in [2.24, 2.45) is 0 Å². The molecule has 3 aromatic carbocycles. The van der Waals surface area contributed by atoms with Crippen LogP contribution >= 0.6 is 40.5 Å². The summed E-state index contributed by atoms with van der Waals surface area (Å²) < 4.78 is 10.4. The zero-order valence-corrected chi connectivity index (χ0v) is 58.6. The van der Waals surface area contributed by atoms with Crippen LogP contribution in [0.2, 0.25) is 0 Å². The number of fused-ring (bicyclic) bond motifs is 3. The lowest BCUT2D eigenvalue weighted by molar-refractivity contribution is 0.0956. The van der Waals surface area contributed by atoms with Gasteiger partial charge < -0.3 is 47.1 Å². The molecule has 99 heavy (non-hydrogen) atoms. The maximum absolute atomic E-state index is 12.2. The van der Waals surface area contributed by atoms with Gasteiger partial charge in [-0.3, -0.25) is 29.3 Å². The molecule has 0 spiro atoms. The predicted molar refractivity (Wildman–Crippen MR) is 401 cm³/mol. The molecule has 12 aromatic rings. The number of pyridine rings is 4. The molecule has 0 bridgehead atoms. The summed E-state index contributed by atoms with van der Waals surface area (Å²) >= 11 is 0. The van der Waals surface area contributed by atoms with Crippen LogP contribution in [0.3, 0.4) is 0 Å². The quantitative estimate of drug-likeness (QED) is 0.0351. The average molecular weight is 1390 g/mol. The number of amides is 3. The summed E-state index contributed by atoms with van der Waals surface area (Å²) in [6.45, 7) is 10.6. The second-order valence-electron chi connectivity index (χ2n) is 21.9. The molecule has 0 saturated carbocycles. The van der Waals surface area contributed by atoms with Crippen LogP contribution in [0.4, 0.5) is 23.4 Å². The van der Waals surface area contributed by atoms with Crippen molar-refractivity contribution in [3.8, 4) is 45.7 Å². The van der Waals surface area contributed by atoms with Gasteiger partial charge in [0.1, 0.15) is 36.4 Å². The molecule has 0 fully saturated rings. The van der Waals surface area contributed by atoms with E-state index in [9.17, 15) is 14.4 Å². The Morgan fingerprint density at radius 2 is 0.788 bits per heavy atom. The topological polar surface area (TPSA) is 348 Å². The highest BCUT2D eigenvalue weighted by molar-refractivity contribution is 7.59. The fraction of sp³-hybridized carbons (Fsp3) is 0.214. The minimum absolute atomic E-state index is 0. The number of para-hydroxylation sites is 3. The number of aromatic nitrogens is 14. The number of nitrogen functional groups attached to an aromatic ring is 1. The first-order valence-electron chi connectivity index (χ1n) is 30.8. The average Bonchev–Trinajstić information content (AvgIpc) is 0.806. The highest BCUT2D eigenvalue weighted by Crippen LogP contribution is 2.31. The molecule has 510 valence electrons. The van der Waals surface area contributed by atoms with Crippen molar-refractivity contribution in [1.29, 1.82) is 0 Å². The smallest absolute Gasteiger partial charge is 0.316 e. The SMILES string of the molecule is CCOc1ncc(-c2cc(NC[C@@H](C)c3cccc4c(C(=O)NC)ccnc34)ncn2)cn1.CNC(=O)c1ccnc2c([C@H](C)CNc3cc(-c4ccc(OC)nc4)ncn3)cccc12.CNC(=O)c1ccnc2c([C@H](C)CNc3cc(-c4cnc(N)nc4)ncn3)cccc12.S.S.S. The second-order valence-corrected chi connectivity index (χ2v) is 21.9. The van der Waals surface area contributed by atoms with Crippen molar-refractivity contribution in [3.05, 3.63) is 205 Å².